The lowest BCUT2D eigenvalue weighted by Crippen LogP contribution is -2.37. The number of H-pyrrole nitrogens is 1. The molecule has 3 N–H and O–H groups in total. The molecule has 0 aliphatic carbocycles. The molecule has 0 saturated heterocycles. The van der Waals surface area contributed by atoms with Crippen LogP contribution in [0.1, 0.15) is 36.7 Å². The minimum Gasteiger partial charge on any atom is -0.347 e. The van der Waals surface area contributed by atoms with Crippen LogP contribution in [-0.4, -0.2) is 38.1 Å². The Hall–Kier alpha value is -3.75. The fraction of sp³-hybridized carbons (Fsp3) is 0.286. The van der Waals surface area contributed by atoms with E-state index in [1.165, 1.54) is 10.7 Å². The summed E-state index contributed by atoms with van der Waals surface area (Å²) in [6.07, 6.45) is 0.615. The first-order valence-electron chi connectivity index (χ1n) is 9.65. The van der Waals surface area contributed by atoms with E-state index in [-0.39, 0.29) is 23.2 Å². The number of anilines is 1. The molecule has 0 spiro atoms. The molecular weight excluding hydrogens is 384 g/mol. The normalized spacial score (nSPS) is 10.8. The maximum atomic E-state index is 12.3. The van der Waals surface area contributed by atoms with Gasteiger partial charge in [-0.25, -0.2) is 4.98 Å². The molecule has 30 heavy (non-hydrogen) atoms. The lowest BCUT2D eigenvalue weighted by Gasteiger charge is -2.10. The highest BCUT2D eigenvalue weighted by atomic mass is 16.2. The molecule has 9 heteroatoms. The predicted molar refractivity (Wildman–Crippen MR) is 113 cm³/mol. The van der Waals surface area contributed by atoms with E-state index in [4.69, 9.17) is 0 Å². The Morgan fingerprint density at radius 3 is 2.57 bits per heavy atom. The molecule has 0 bridgehead atoms. The van der Waals surface area contributed by atoms with Gasteiger partial charge in [-0.3, -0.25) is 19.4 Å². The average molecular weight is 408 g/mol. The van der Waals surface area contributed by atoms with Crippen LogP contribution in [0.15, 0.2) is 47.3 Å². The van der Waals surface area contributed by atoms with Crippen molar-refractivity contribution in [1.82, 2.24) is 25.1 Å². The first kappa shape index (κ1) is 21.0. The molecular formula is C21H24N6O3. The Morgan fingerprint density at radius 1 is 1.13 bits per heavy atom. The van der Waals surface area contributed by atoms with Crippen molar-refractivity contribution < 1.29 is 9.59 Å². The van der Waals surface area contributed by atoms with Gasteiger partial charge in [0.2, 0.25) is 5.95 Å². The molecule has 9 nitrogen and oxygen atoms in total. The third-order valence-electron chi connectivity index (χ3n) is 4.36. The number of amides is 2. The first-order chi connectivity index (χ1) is 14.3. The van der Waals surface area contributed by atoms with Gasteiger partial charge in [0.05, 0.1) is 11.4 Å². The molecule has 0 unspecified atom stereocenters. The van der Waals surface area contributed by atoms with Gasteiger partial charge in [0.1, 0.15) is 5.82 Å². The number of aromatic amines is 1. The van der Waals surface area contributed by atoms with Gasteiger partial charge in [0, 0.05) is 18.7 Å². The molecule has 2 aromatic heterocycles. The minimum atomic E-state index is -0.827. The Balaban J connectivity index is 1.71. The number of nitrogens with zero attached hydrogens (tertiary/aromatic N) is 3. The number of carbonyl (C=O) groups excluding carboxylic acids is 2. The van der Waals surface area contributed by atoms with Gasteiger partial charge in [0.15, 0.2) is 0 Å². The van der Waals surface area contributed by atoms with E-state index < -0.39 is 11.8 Å². The Labute approximate surface area is 173 Å². The number of aromatic nitrogens is 4. The Kier molecular flexibility index (Phi) is 6.41. The molecule has 0 saturated carbocycles. The van der Waals surface area contributed by atoms with Crippen molar-refractivity contribution in [3.05, 3.63) is 69.8 Å². The van der Waals surface area contributed by atoms with Crippen molar-refractivity contribution in [3.8, 4) is 5.95 Å². The van der Waals surface area contributed by atoms with E-state index >= 15 is 0 Å². The molecule has 3 rings (SSSR count). The van der Waals surface area contributed by atoms with Gasteiger partial charge in [-0.1, -0.05) is 44.2 Å². The maximum Gasteiger partial charge on any atom is 0.314 e. The molecule has 0 radical (unpaired) electrons. The van der Waals surface area contributed by atoms with Crippen molar-refractivity contribution in [2.24, 2.45) is 0 Å². The number of hydrogen-bond donors (Lipinski definition) is 3. The van der Waals surface area contributed by atoms with Crippen molar-refractivity contribution in [3.63, 3.8) is 0 Å². The van der Waals surface area contributed by atoms with Gasteiger partial charge < -0.3 is 10.6 Å². The molecule has 0 fully saturated rings. The largest absolute Gasteiger partial charge is 0.347 e. The van der Waals surface area contributed by atoms with Crippen LogP contribution in [0.5, 0.6) is 0 Å². The van der Waals surface area contributed by atoms with Gasteiger partial charge in [-0.05, 0) is 24.8 Å². The predicted octanol–water partition coefficient (Wildman–Crippen LogP) is 1.68. The lowest BCUT2D eigenvalue weighted by molar-refractivity contribution is -0.136. The number of hydrogen-bond acceptors (Lipinski definition) is 5. The molecule has 3 aromatic rings. The molecule has 1 aromatic carbocycles. The molecule has 2 amide bonds. The smallest absolute Gasteiger partial charge is 0.314 e. The number of rotatable bonds is 6. The Bertz CT molecular complexity index is 1100. The third kappa shape index (κ3) is 5.19. The summed E-state index contributed by atoms with van der Waals surface area (Å²) in [7, 11) is 0. The summed E-state index contributed by atoms with van der Waals surface area (Å²) in [6.45, 7) is 5.90. The molecule has 0 aliphatic rings. The maximum absolute atomic E-state index is 12.3. The summed E-state index contributed by atoms with van der Waals surface area (Å²) in [6, 6.07) is 12.7. The number of benzene rings is 1. The van der Waals surface area contributed by atoms with Crippen LogP contribution in [0.2, 0.25) is 0 Å². The summed E-state index contributed by atoms with van der Waals surface area (Å²) < 4.78 is 1.30. The van der Waals surface area contributed by atoms with Gasteiger partial charge in [-0.15, -0.1) is 0 Å². The molecule has 0 atom stereocenters. The van der Waals surface area contributed by atoms with E-state index in [0.717, 1.165) is 5.56 Å². The van der Waals surface area contributed by atoms with Crippen LogP contribution in [0.4, 0.5) is 5.82 Å². The highest BCUT2D eigenvalue weighted by molar-refractivity contribution is 6.39. The molecule has 156 valence electrons. The van der Waals surface area contributed by atoms with Crippen molar-refractivity contribution in [2.75, 3.05) is 11.9 Å². The van der Waals surface area contributed by atoms with Crippen molar-refractivity contribution in [1.29, 1.82) is 0 Å². The standard InChI is InChI=1S/C21H24N6O3/c1-13(2)16-12-18(28)25-21(23-16)27-17(11-14(3)26-27)24-20(30)19(29)22-10-9-15-7-5-4-6-8-15/h4-8,11-13H,9-10H2,1-3H3,(H,22,29)(H,24,30)(H,23,25,28). The second kappa shape index (κ2) is 9.17. The highest BCUT2D eigenvalue weighted by Gasteiger charge is 2.18. The zero-order valence-corrected chi connectivity index (χ0v) is 17.1. The van der Waals surface area contributed by atoms with Gasteiger partial charge in [0.25, 0.3) is 5.56 Å². The van der Waals surface area contributed by atoms with E-state index in [0.29, 0.717) is 24.4 Å². The summed E-state index contributed by atoms with van der Waals surface area (Å²) >= 11 is 0. The summed E-state index contributed by atoms with van der Waals surface area (Å²) in [5.74, 6) is -1.14. The third-order valence-corrected chi connectivity index (χ3v) is 4.36. The second-order valence-electron chi connectivity index (χ2n) is 7.18. The molecule has 0 aliphatic heterocycles. The van der Waals surface area contributed by atoms with Gasteiger partial charge in [-0.2, -0.15) is 9.78 Å². The topological polar surface area (TPSA) is 122 Å². The quantitative estimate of drug-likeness (QED) is 0.536. The first-order valence-corrected chi connectivity index (χ1v) is 9.65. The van der Waals surface area contributed by atoms with Gasteiger partial charge >= 0.3 is 11.8 Å². The van der Waals surface area contributed by atoms with Crippen LogP contribution >= 0.6 is 0 Å². The van der Waals surface area contributed by atoms with Crippen molar-refractivity contribution >= 4 is 17.6 Å². The van der Waals surface area contributed by atoms with Crippen LogP contribution in [0, 0.1) is 6.92 Å². The number of carbonyl (C=O) groups is 2. The monoisotopic (exact) mass is 408 g/mol. The lowest BCUT2D eigenvalue weighted by atomic mass is 10.1. The zero-order valence-electron chi connectivity index (χ0n) is 17.1. The van der Waals surface area contributed by atoms with Crippen molar-refractivity contribution in [2.45, 2.75) is 33.1 Å². The molecule has 2 heterocycles. The van der Waals surface area contributed by atoms with E-state index in [1.807, 2.05) is 44.2 Å². The Morgan fingerprint density at radius 2 is 1.87 bits per heavy atom. The second-order valence-corrected chi connectivity index (χ2v) is 7.18. The summed E-state index contributed by atoms with van der Waals surface area (Å²) in [5.41, 5.74) is 1.92. The zero-order chi connectivity index (χ0) is 21.7. The SMILES string of the molecule is Cc1cc(NC(=O)C(=O)NCCc2ccccc2)n(-c2nc(C(C)C)cc(=O)[nH]2)n1. The average Bonchev–Trinajstić information content (AvgIpc) is 3.08. The summed E-state index contributed by atoms with van der Waals surface area (Å²) in [5, 5.41) is 9.40. The number of nitrogens with one attached hydrogen (secondary N) is 3. The fourth-order valence-corrected chi connectivity index (χ4v) is 2.83. The van der Waals surface area contributed by atoms with E-state index in [9.17, 15) is 14.4 Å². The number of aryl methyl sites for hydroxylation is 1. The highest BCUT2D eigenvalue weighted by Crippen LogP contribution is 2.16. The fourth-order valence-electron chi connectivity index (χ4n) is 2.83. The van der Waals surface area contributed by atoms with E-state index in [1.54, 1.807) is 13.0 Å². The van der Waals surface area contributed by atoms with Crippen LogP contribution in [0.3, 0.4) is 0 Å². The van der Waals surface area contributed by atoms with Crippen LogP contribution < -0.4 is 16.2 Å². The minimum absolute atomic E-state index is 0.0381. The van der Waals surface area contributed by atoms with Crippen LogP contribution in [0.25, 0.3) is 5.95 Å². The van der Waals surface area contributed by atoms with E-state index in [2.05, 4.69) is 25.7 Å². The van der Waals surface area contributed by atoms with Crippen LogP contribution in [-0.2, 0) is 16.0 Å². The summed E-state index contributed by atoms with van der Waals surface area (Å²) in [4.78, 5) is 43.5.